The van der Waals surface area contributed by atoms with Gasteiger partial charge in [-0.2, -0.15) is 0 Å². The molecule has 2 N–H and O–H groups in total. The van der Waals surface area contributed by atoms with Crippen molar-refractivity contribution in [3.8, 4) is 0 Å². The SMILES string of the molecule is Cc1cc(C)c(S(=O)(=O)[O-])c(C)c1.N[n+]1ccncc1. The van der Waals surface area contributed by atoms with Crippen molar-refractivity contribution in [3.05, 3.63) is 53.6 Å². The Hall–Kier alpha value is -1.99. The summed E-state index contributed by atoms with van der Waals surface area (Å²) in [6.07, 6.45) is 6.58. The van der Waals surface area contributed by atoms with Crippen molar-refractivity contribution in [1.82, 2.24) is 4.98 Å². The Kier molecular flexibility index (Phi) is 5.18. The molecule has 1 heterocycles. The van der Waals surface area contributed by atoms with E-state index in [0.717, 1.165) is 5.56 Å². The summed E-state index contributed by atoms with van der Waals surface area (Å²) in [5.41, 5.74) is 2.00. The first-order chi connectivity index (χ1) is 9.21. The average molecular weight is 295 g/mol. The number of hydrogen-bond donors (Lipinski definition) is 1. The van der Waals surface area contributed by atoms with Gasteiger partial charge < -0.3 is 4.55 Å². The zero-order valence-electron chi connectivity index (χ0n) is 11.6. The van der Waals surface area contributed by atoms with Crippen molar-refractivity contribution < 1.29 is 17.6 Å². The predicted octanol–water partition coefficient (Wildman–Crippen LogP) is 0.599. The van der Waals surface area contributed by atoms with Crippen molar-refractivity contribution in [2.24, 2.45) is 0 Å². The summed E-state index contributed by atoms with van der Waals surface area (Å²) in [5, 5.41) is 0. The van der Waals surface area contributed by atoms with Crippen LogP contribution in [-0.4, -0.2) is 18.0 Å². The fourth-order valence-corrected chi connectivity index (χ4v) is 2.80. The zero-order valence-corrected chi connectivity index (χ0v) is 12.4. The summed E-state index contributed by atoms with van der Waals surface area (Å²) in [7, 11) is -4.33. The molecular formula is C13H17N3O3S. The van der Waals surface area contributed by atoms with Crippen LogP contribution < -0.4 is 10.5 Å². The van der Waals surface area contributed by atoms with E-state index in [-0.39, 0.29) is 4.90 Å². The molecule has 6 nitrogen and oxygen atoms in total. The van der Waals surface area contributed by atoms with E-state index in [1.54, 1.807) is 50.8 Å². The third-order valence-electron chi connectivity index (χ3n) is 2.50. The number of benzene rings is 1. The molecule has 0 saturated carbocycles. The van der Waals surface area contributed by atoms with Gasteiger partial charge in [0.05, 0.1) is 17.3 Å². The second-order valence-corrected chi connectivity index (χ2v) is 5.69. The summed E-state index contributed by atoms with van der Waals surface area (Å²) in [5.74, 6) is 5.23. The molecule has 2 rings (SSSR count). The van der Waals surface area contributed by atoms with Crippen LogP contribution in [0.4, 0.5) is 0 Å². The molecule has 0 radical (unpaired) electrons. The minimum Gasteiger partial charge on any atom is -0.744 e. The number of nitrogens with zero attached hydrogens (tertiary/aromatic N) is 2. The lowest BCUT2D eigenvalue weighted by atomic mass is 10.1. The summed E-state index contributed by atoms with van der Waals surface area (Å²) in [6.45, 7) is 5.12. The smallest absolute Gasteiger partial charge is 0.217 e. The molecule has 0 aliphatic heterocycles. The highest BCUT2D eigenvalue weighted by atomic mass is 32.2. The lowest BCUT2D eigenvalue weighted by Gasteiger charge is -2.14. The Morgan fingerprint density at radius 1 is 1.10 bits per heavy atom. The van der Waals surface area contributed by atoms with Crippen molar-refractivity contribution in [3.63, 3.8) is 0 Å². The minimum absolute atomic E-state index is 0.0851. The van der Waals surface area contributed by atoms with Gasteiger partial charge in [0, 0.05) is 0 Å². The molecule has 108 valence electrons. The van der Waals surface area contributed by atoms with Gasteiger partial charge in [-0.1, -0.05) is 22.4 Å². The van der Waals surface area contributed by atoms with Crippen molar-refractivity contribution >= 4 is 10.1 Å². The third kappa shape index (κ3) is 4.60. The normalized spacial score (nSPS) is 10.6. The zero-order chi connectivity index (χ0) is 15.3. The number of nitrogen functional groups attached to an aromatic ring is 1. The third-order valence-corrected chi connectivity index (χ3v) is 3.65. The van der Waals surface area contributed by atoms with Crippen LogP contribution >= 0.6 is 0 Å². The van der Waals surface area contributed by atoms with E-state index in [1.165, 1.54) is 4.68 Å². The first kappa shape index (κ1) is 16.1. The monoisotopic (exact) mass is 295 g/mol. The highest BCUT2D eigenvalue weighted by molar-refractivity contribution is 7.85. The van der Waals surface area contributed by atoms with Gasteiger partial charge >= 0.3 is 0 Å². The molecule has 0 unspecified atom stereocenters. The molecule has 0 spiro atoms. The van der Waals surface area contributed by atoms with Crippen LogP contribution in [0.15, 0.2) is 41.8 Å². The van der Waals surface area contributed by atoms with E-state index < -0.39 is 10.1 Å². The van der Waals surface area contributed by atoms with Crippen molar-refractivity contribution in [2.45, 2.75) is 25.7 Å². The molecule has 0 aliphatic carbocycles. The first-order valence-electron chi connectivity index (χ1n) is 5.82. The van der Waals surface area contributed by atoms with E-state index in [2.05, 4.69) is 4.98 Å². The van der Waals surface area contributed by atoms with Crippen molar-refractivity contribution in [2.75, 3.05) is 5.84 Å². The van der Waals surface area contributed by atoms with Gasteiger partial charge in [0.25, 0.3) is 0 Å². The minimum atomic E-state index is -4.33. The highest BCUT2D eigenvalue weighted by Crippen LogP contribution is 2.20. The molecule has 0 bridgehead atoms. The van der Waals surface area contributed by atoms with Gasteiger partial charge in [-0.05, 0) is 31.9 Å². The Balaban J connectivity index is 0.000000240. The largest absolute Gasteiger partial charge is 0.744 e. The topological polar surface area (TPSA) is 100.0 Å². The lowest BCUT2D eigenvalue weighted by Crippen LogP contribution is -2.43. The summed E-state index contributed by atoms with van der Waals surface area (Å²) in [6, 6.07) is 3.38. The van der Waals surface area contributed by atoms with Crippen LogP contribution in [-0.2, 0) is 10.1 Å². The van der Waals surface area contributed by atoms with Crippen LogP contribution in [0.1, 0.15) is 16.7 Å². The lowest BCUT2D eigenvalue weighted by molar-refractivity contribution is -0.639. The van der Waals surface area contributed by atoms with Crippen LogP contribution in [0, 0.1) is 20.8 Å². The standard InChI is InChI=1S/C9H12O3S.C4H6N3/c1-6-4-7(2)9(8(3)5-6)13(10,11)12;5-7-3-1-6-2-4-7/h4-5H,1-3H3,(H,10,11,12);1-4H,(H2,5,6)/q;+1/p-1. The van der Waals surface area contributed by atoms with E-state index in [0.29, 0.717) is 11.1 Å². The van der Waals surface area contributed by atoms with E-state index >= 15 is 0 Å². The molecule has 7 heteroatoms. The Morgan fingerprint density at radius 2 is 1.55 bits per heavy atom. The van der Waals surface area contributed by atoms with Crippen LogP contribution in [0.25, 0.3) is 0 Å². The molecule has 20 heavy (non-hydrogen) atoms. The number of rotatable bonds is 1. The van der Waals surface area contributed by atoms with Crippen molar-refractivity contribution in [1.29, 1.82) is 0 Å². The quantitative estimate of drug-likeness (QED) is 0.472. The molecular weight excluding hydrogens is 278 g/mol. The Labute approximate surface area is 118 Å². The van der Waals surface area contributed by atoms with E-state index in [1.807, 2.05) is 6.92 Å². The maximum Gasteiger partial charge on any atom is 0.217 e. The second kappa shape index (κ2) is 6.44. The van der Waals surface area contributed by atoms with Gasteiger partial charge in [-0.3, -0.25) is 4.98 Å². The predicted molar refractivity (Wildman–Crippen MR) is 73.2 cm³/mol. The molecule has 1 aromatic carbocycles. The highest BCUT2D eigenvalue weighted by Gasteiger charge is 2.09. The second-order valence-electron chi connectivity index (χ2n) is 4.37. The maximum absolute atomic E-state index is 10.8. The van der Waals surface area contributed by atoms with Gasteiger partial charge in [0.15, 0.2) is 0 Å². The number of nitrogens with two attached hydrogens (primary N) is 1. The van der Waals surface area contributed by atoms with Gasteiger partial charge in [0.2, 0.25) is 12.4 Å². The van der Waals surface area contributed by atoms with E-state index in [9.17, 15) is 13.0 Å². The van der Waals surface area contributed by atoms with Crippen LogP contribution in [0.2, 0.25) is 0 Å². The molecule has 1 aromatic heterocycles. The van der Waals surface area contributed by atoms with Crippen LogP contribution in [0.3, 0.4) is 0 Å². The summed E-state index contributed by atoms with van der Waals surface area (Å²) in [4.78, 5) is 3.66. The summed E-state index contributed by atoms with van der Waals surface area (Å²) < 4.78 is 33.9. The number of aryl methyl sites for hydroxylation is 3. The fraction of sp³-hybridized carbons (Fsp3) is 0.231. The Bertz CT molecular complexity index is 662. The fourth-order valence-electron chi connectivity index (χ4n) is 1.89. The Morgan fingerprint density at radius 3 is 1.85 bits per heavy atom. The van der Waals surface area contributed by atoms with E-state index in [4.69, 9.17) is 5.84 Å². The maximum atomic E-state index is 10.8. The first-order valence-corrected chi connectivity index (χ1v) is 7.22. The molecule has 0 fully saturated rings. The number of hydrogen-bond acceptors (Lipinski definition) is 5. The molecule has 0 atom stereocenters. The summed E-state index contributed by atoms with van der Waals surface area (Å²) >= 11 is 0. The molecule has 0 aliphatic rings. The average Bonchev–Trinajstić information content (AvgIpc) is 2.27. The van der Waals surface area contributed by atoms with Crippen LogP contribution in [0.5, 0.6) is 0 Å². The number of aromatic nitrogens is 2. The van der Waals surface area contributed by atoms with Gasteiger partial charge in [-0.15, -0.1) is 0 Å². The molecule has 0 amide bonds. The molecule has 0 saturated heterocycles. The van der Waals surface area contributed by atoms with Gasteiger partial charge in [-0.25, -0.2) is 14.3 Å². The molecule has 2 aromatic rings. The van der Waals surface area contributed by atoms with Gasteiger partial charge in [0.1, 0.15) is 10.1 Å².